The Bertz CT molecular complexity index is 862. The Morgan fingerprint density at radius 1 is 1.30 bits per heavy atom. The number of thiophene rings is 1. The molecule has 9 heteroatoms. The zero-order valence-electron chi connectivity index (χ0n) is 15.7. The highest BCUT2D eigenvalue weighted by molar-refractivity contribution is 7.99. The van der Waals surface area contributed by atoms with Crippen LogP contribution in [0, 0.1) is 0 Å². The van der Waals surface area contributed by atoms with E-state index in [1.54, 1.807) is 30.1 Å². The Morgan fingerprint density at radius 3 is 2.89 bits per heavy atom. The number of aryl methyl sites for hydroxylation is 2. The van der Waals surface area contributed by atoms with E-state index in [9.17, 15) is 9.59 Å². The van der Waals surface area contributed by atoms with Crippen molar-refractivity contribution in [2.24, 2.45) is 0 Å². The van der Waals surface area contributed by atoms with Crippen molar-refractivity contribution in [1.29, 1.82) is 0 Å². The summed E-state index contributed by atoms with van der Waals surface area (Å²) in [5.74, 6) is 0.125. The normalized spacial score (nSPS) is 13.3. The molecule has 2 heterocycles. The van der Waals surface area contributed by atoms with Crippen molar-refractivity contribution in [2.75, 3.05) is 39.7 Å². The van der Waals surface area contributed by atoms with Crippen LogP contribution in [0.5, 0.6) is 0 Å². The molecule has 1 amide bonds. The summed E-state index contributed by atoms with van der Waals surface area (Å²) < 4.78 is 11.8. The lowest BCUT2D eigenvalue weighted by atomic mass is 10.2. The van der Waals surface area contributed by atoms with Gasteiger partial charge in [0.2, 0.25) is 5.91 Å². The molecule has 2 aromatic heterocycles. The maximum absolute atomic E-state index is 13.2. The Morgan fingerprint density at radius 2 is 2.11 bits per heavy atom. The molecule has 0 saturated heterocycles. The van der Waals surface area contributed by atoms with E-state index in [0.717, 1.165) is 35.9 Å². The molecule has 7 nitrogen and oxygen atoms in total. The average Bonchev–Trinajstić information content (AvgIpc) is 3.23. The molecular formula is C18H25N3O4S2. The number of aromatic nitrogens is 2. The molecule has 0 radical (unpaired) electrons. The van der Waals surface area contributed by atoms with Crippen molar-refractivity contribution >= 4 is 39.2 Å². The highest BCUT2D eigenvalue weighted by atomic mass is 32.2. The van der Waals surface area contributed by atoms with E-state index in [0.29, 0.717) is 31.5 Å². The van der Waals surface area contributed by atoms with Crippen molar-refractivity contribution in [3.63, 3.8) is 0 Å². The maximum atomic E-state index is 13.2. The number of carbonyl (C=O) groups is 1. The second kappa shape index (κ2) is 9.68. The molecule has 0 bridgehead atoms. The van der Waals surface area contributed by atoms with Crippen LogP contribution in [0.2, 0.25) is 0 Å². The zero-order chi connectivity index (χ0) is 19.2. The van der Waals surface area contributed by atoms with Crippen LogP contribution in [-0.2, 0) is 33.7 Å². The van der Waals surface area contributed by atoms with E-state index >= 15 is 0 Å². The SMILES string of the molecule is COCCCn1c(SCC(=O)NCCOC)nc2sc3c(c2c1=O)CCC3. The third kappa shape index (κ3) is 4.71. The molecule has 0 atom stereocenters. The van der Waals surface area contributed by atoms with Crippen molar-refractivity contribution in [1.82, 2.24) is 14.9 Å². The number of nitrogens with zero attached hydrogens (tertiary/aromatic N) is 2. The van der Waals surface area contributed by atoms with Crippen LogP contribution >= 0.6 is 23.1 Å². The largest absolute Gasteiger partial charge is 0.385 e. The third-order valence-electron chi connectivity index (χ3n) is 4.48. The summed E-state index contributed by atoms with van der Waals surface area (Å²) in [6, 6.07) is 0. The fourth-order valence-corrected chi connectivity index (χ4v) is 5.36. The van der Waals surface area contributed by atoms with Gasteiger partial charge in [-0.15, -0.1) is 11.3 Å². The number of ether oxygens (including phenoxy) is 2. The first kappa shape index (κ1) is 20.3. The molecule has 0 spiro atoms. The molecule has 0 saturated carbocycles. The van der Waals surface area contributed by atoms with Crippen molar-refractivity contribution in [2.45, 2.75) is 37.4 Å². The Labute approximate surface area is 166 Å². The van der Waals surface area contributed by atoms with Gasteiger partial charge in [0, 0.05) is 38.8 Å². The van der Waals surface area contributed by atoms with Gasteiger partial charge in [0.15, 0.2) is 5.16 Å². The fourth-order valence-electron chi connectivity index (χ4n) is 3.21. The number of rotatable bonds is 10. The minimum absolute atomic E-state index is 0.0118. The molecule has 27 heavy (non-hydrogen) atoms. The minimum Gasteiger partial charge on any atom is -0.385 e. The highest BCUT2D eigenvalue weighted by Gasteiger charge is 2.23. The molecule has 0 unspecified atom stereocenters. The molecule has 1 N–H and O–H groups in total. The number of nitrogens with one attached hydrogen (secondary N) is 1. The summed E-state index contributed by atoms with van der Waals surface area (Å²) in [4.78, 5) is 32.0. The van der Waals surface area contributed by atoms with Crippen LogP contribution in [0.1, 0.15) is 23.3 Å². The maximum Gasteiger partial charge on any atom is 0.263 e. The summed E-state index contributed by atoms with van der Waals surface area (Å²) >= 11 is 2.93. The quantitative estimate of drug-likeness (QED) is 0.365. The number of thioether (sulfide) groups is 1. The number of amides is 1. The summed E-state index contributed by atoms with van der Waals surface area (Å²) in [5, 5.41) is 4.17. The van der Waals surface area contributed by atoms with E-state index in [1.807, 2.05) is 0 Å². The molecule has 0 fully saturated rings. The lowest BCUT2D eigenvalue weighted by molar-refractivity contribution is -0.118. The second-order valence-electron chi connectivity index (χ2n) is 6.37. The Hall–Kier alpha value is -1.42. The molecular weight excluding hydrogens is 386 g/mol. The van der Waals surface area contributed by atoms with E-state index in [1.165, 1.54) is 22.2 Å². The fraction of sp³-hybridized carbons (Fsp3) is 0.611. The smallest absolute Gasteiger partial charge is 0.263 e. The number of carbonyl (C=O) groups excluding carboxylic acids is 1. The molecule has 1 aliphatic rings. The van der Waals surface area contributed by atoms with Gasteiger partial charge in [-0.05, 0) is 31.2 Å². The summed E-state index contributed by atoms with van der Waals surface area (Å²) in [6.45, 7) is 2.06. The Kier molecular flexibility index (Phi) is 7.28. The van der Waals surface area contributed by atoms with E-state index < -0.39 is 0 Å². The van der Waals surface area contributed by atoms with Gasteiger partial charge in [0.25, 0.3) is 5.56 Å². The first-order chi connectivity index (χ1) is 13.2. The van der Waals surface area contributed by atoms with Gasteiger partial charge >= 0.3 is 0 Å². The van der Waals surface area contributed by atoms with E-state index in [4.69, 9.17) is 14.5 Å². The summed E-state index contributed by atoms with van der Waals surface area (Å²) in [7, 11) is 3.24. The predicted molar refractivity (Wildman–Crippen MR) is 108 cm³/mol. The van der Waals surface area contributed by atoms with E-state index in [2.05, 4.69) is 5.32 Å². The van der Waals surface area contributed by atoms with Crippen LogP contribution in [0.4, 0.5) is 0 Å². The second-order valence-corrected chi connectivity index (χ2v) is 8.39. The van der Waals surface area contributed by atoms with Gasteiger partial charge in [-0.1, -0.05) is 11.8 Å². The van der Waals surface area contributed by atoms with Crippen LogP contribution in [0.15, 0.2) is 9.95 Å². The Balaban J connectivity index is 1.84. The van der Waals surface area contributed by atoms with Crippen LogP contribution in [0.3, 0.4) is 0 Å². The number of hydrogen-bond donors (Lipinski definition) is 1. The van der Waals surface area contributed by atoms with Gasteiger partial charge in [0.1, 0.15) is 4.83 Å². The monoisotopic (exact) mass is 411 g/mol. The van der Waals surface area contributed by atoms with Crippen LogP contribution < -0.4 is 10.9 Å². The van der Waals surface area contributed by atoms with Crippen molar-refractivity contribution < 1.29 is 14.3 Å². The molecule has 0 aliphatic heterocycles. The zero-order valence-corrected chi connectivity index (χ0v) is 17.3. The molecule has 2 aromatic rings. The molecule has 148 valence electrons. The topological polar surface area (TPSA) is 82.4 Å². The van der Waals surface area contributed by atoms with Gasteiger partial charge in [-0.3, -0.25) is 14.2 Å². The lowest BCUT2D eigenvalue weighted by Crippen LogP contribution is -2.29. The number of fused-ring (bicyclic) bond motifs is 3. The third-order valence-corrected chi connectivity index (χ3v) is 6.64. The van der Waals surface area contributed by atoms with Crippen LogP contribution in [0.25, 0.3) is 10.2 Å². The van der Waals surface area contributed by atoms with Gasteiger partial charge in [-0.2, -0.15) is 0 Å². The minimum atomic E-state index is -0.0940. The first-order valence-corrected chi connectivity index (χ1v) is 10.9. The van der Waals surface area contributed by atoms with Gasteiger partial charge in [-0.25, -0.2) is 4.98 Å². The number of methoxy groups -OCH3 is 2. The summed E-state index contributed by atoms with van der Waals surface area (Å²) in [5.41, 5.74) is 1.19. The standard InChI is InChI=1S/C18H25N3O4S2/c1-24-9-4-8-21-17(23)15-12-5-3-6-13(12)27-16(15)20-18(21)26-11-14(22)19-7-10-25-2/h3-11H2,1-2H3,(H,19,22). The lowest BCUT2D eigenvalue weighted by Gasteiger charge is -2.12. The predicted octanol–water partition coefficient (Wildman–Crippen LogP) is 1.84. The average molecular weight is 412 g/mol. The van der Waals surface area contributed by atoms with Crippen molar-refractivity contribution in [3.8, 4) is 0 Å². The summed E-state index contributed by atoms with van der Waals surface area (Å²) in [6.07, 6.45) is 3.82. The van der Waals surface area contributed by atoms with Crippen LogP contribution in [-0.4, -0.2) is 55.2 Å². The highest BCUT2D eigenvalue weighted by Crippen LogP contribution is 2.35. The molecule has 1 aliphatic carbocycles. The van der Waals surface area contributed by atoms with Gasteiger partial charge < -0.3 is 14.8 Å². The first-order valence-electron chi connectivity index (χ1n) is 9.08. The van der Waals surface area contributed by atoms with Crippen molar-refractivity contribution in [3.05, 3.63) is 20.8 Å². The molecule has 0 aromatic carbocycles. The number of hydrogen-bond acceptors (Lipinski definition) is 7. The van der Waals surface area contributed by atoms with Gasteiger partial charge in [0.05, 0.1) is 17.7 Å². The van der Waals surface area contributed by atoms with E-state index in [-0.39, 0.29) is 17.2 Å². The molecule has 3 rings (SSSR count).